The molecule has 3 aromatic rings. The van der Waals surface area contributed by atoms with Crippen molar-refractivity contribution in [1.82, 2.24) is 15.0 Å². The van der Waals surface area contributed by atoms with Gasteiger partial charge in [0, 0.05) is 12.4 Å². The molecule has 0 atom stereocenters. The second-order valence-corrected chi connectivity index (χ2v) is 4.95. The monoisotopic (exact) mass is 352 g/mol. The lowest BCUT2D eigenvalue weighted by Crippen LogP contribution is -2.18. The van der Waals surface area contributed by atoms with E-state index in [4.69, 9.17) is 10.2 Å². The van der Waals surface area contributed by atoms with Crippen molar-refractivity contribution in [3.05, 3.63) is 66.1 Å². The Morgan fingerprint density at radius 2 is 1.77 bits per heavy atom. The van der Waals surface area contributed by atoms with Gasteiger partial charge in [0.25, 0.3) is 17.7 Å². The second-order valence-electron chi connectivity index (χ2n) is 4.95. The van der Waals surface area contributed by atoms with E-state index in [-0.39, 0.29) is 28.7 Å². The van der Waals surface area contributed by atoms with Gasteiger partial charge in [-0.3, -0.25) is 24.7 Å². The normalized spacial score (nSPS) is 10.2. The molecule has 2 aromatic heterocycles. The molecular formula is C16H12N6O4. The molecule has 3 rings (SSSR count). The van der Waals surface area contributed by atoms with Crippen LogP contribution >= 0.6 is 0 Å². The van der Waals surface area contributed by atoms with Gasteiger partial charge >= 0.3 is 6.01 Å². The minimum Gasteiger partial charge on any atom is -0.431 e. The molecule has 0 aliphatic heterocycles. The van der Waals surface area contributed by atoms with Crippen LogP contribution in [-0.2, 0) is 0 Å². The maximum absolute atomic E-state index is 12.2. The minimum absolute atomic E-state index is 0.0621. The number of rotatable bonds is 5. The first-order valence-electron chi connectivity index (χ1n) is 7.27. The topological polar surface area (TPSA) is 153 Å². The molecule has 10 nitrogen and oxygen atoms in total. The van der Waals surface area contributed by atoms with Crippen molar-refractivity contribution in [3.8, 4) is 0 Å². The fourth-order valence-electron chi connectivity index (χ4n) is 2.01. The van der Waals surface area contributed by atoms with Gasteiger partial charge in [0.15, 0.2) is 5.69 Å². The number of oxazole rings is 1. The quantitative estimate of drug-likeness (QED) is 0.620. The molecule has 3 amide bonds. The number of para-hydroxylation sites is 1. The number of hydrogen-bond acceptors (Lipinski definition) is 7. The zero-order valence-electron chi connectivity index (χ0n) is 13.2. The van der Waals surface area contributed by atoms with Crippen LogP contribution in [-0.4, -0.2) is 32.7 Å². The Bertz CT molecular complexity index is 970. The zero-order chi connectivity index (χ0) is 18.5. The zero-order valence-corrected chi connectivity index (χ0v) is 13.2. The van der Waals surface area contributed by atoms with Crippen LogP contribution in [0.2, 0.25) is 0 Å². The lowest BCUT2D eigenvalue weighted by molar-refractivity contribution is 0.0996. The minimum atomic E-state index is -0.682. The smallest absolute Gasteiger partial charge is 0.302 e. The van der Waals surface area contributed by atoms with E-state index in [1.54, 1.807) is 12.1 Å². The number of nitrogens with zero attached hydrogens (tertiary/aromatic N) is 3. The van der Waals surface area contributed by atoms with Crippen molar-refractivity contribution in [1.29, 1.82) is 0 Å². The maximum atomic E-state index is 12.2. The molecular weight excluding hydrogens is 340 g/mol. The molecule has 0 unspecified atom stereocenters. The van der Waals surface area contributed by atoms with E-state index in [0.29, 0.717) is 0 Å². The molecule has 0 bridgehead atoms. The number of nitrogens with two attached hydrogens (primary N) is 1. The van der Waals surface area contributed by atoms with E-state index in [9.17, 15) is 14.4 Å². The van der Waals surface area contributed by atoms with Crippen molar-refractivity contribution in [3.63, 3.8) is 0 Å². The maximum Gasteiger partial charge on any atom is 0.302 e. The molecule has 0 fully saturated rings. The molecule has 0 saturated heterocycles. The van der Waals surface area contributed by atoms with Crippen LogP contribution in [0.3, 0.4) is 0 Å². The summed E-state index contributed by atoms with van der Waals surface area (Å²) in [6, 6.07) is 6.07. The van der Waals surface area contributed by atoms with Crippen LogP contribution in [0.4, 0.5) is 11.7 Å². The number of benzene rings is 1. The highest BCUT2D eigenvalue weighted by Gasteiger charge is 2.17. The van der Waals surface area contributed by atoms with Gasteiger partial charge in [0.05, 0.1) is 17.4 Å². The molecule has 0 saturated carbocycles. The molecule has 130 valence electrons. The number of carbonyl (C=O) groups excluding carboxylic acids is 3. The average Bonchev–Trinajstić information content (AvgIpc) is 3.11. The van der Waals surface area contributed by atoms with Crippen LogP contribution < -0.4 is 16.4 Å². The second kappa shape index (κ2) is 7.21. The van der Waals surface area contributed by atoms with Gasteiger partial charge in [0.1, 0.15) is 12.0 Å². The number of carbonyl (C=O) groups is 3. The fourth-order valence-corrected chi connectivity index (χ4v) is 2.01. The van der Waals surface area contributed by atoms with Gasteiger partial charge in [0.2, 0.25) is 0 Å². The largest absolute Gasteiger partial charge is 0.431 e. The molecule has 2 heterocycles. The summed E-state index contributed by atoms with van der Waals surface area (Å²) in [6.45, 7) is 0. The highest BCUT2D eigenvalue weighted by molar-refractivity contribution is 6.08. The van der Waals surface area contributed by atoms with E-state index in [2.05, 4.69) is 25.6 Å². The molecule has 1 aromatic carbocycles. The van der Waals surface area contributed by atoms with Gasteiger partial charge in [-0.1, -0.05) is 12.1 Å². The van der Waals surface area contributed by atoms with Crippen LogP contribution in [0.1, 0.15) is 31.3 Å². The van der Waals surface area contributed by atoms with Gasteiger partial charge in [-0.2, -0.15) is 4.98 Å². The van der Waals surface area contributed by atoms with Crippen molar-refractivity contribution < 1.29 is 18.8 Å². The van der Waals surface area contributed by atoms with Gasteiger partial charge < -0.3 is 15.5 Å². The number of aromatic nitrogens is 3. The molecule has 26 heavy (non-hydrogen) atoms. The van der Waals surface area contributed by atoms with Crippen molar-refractivity contribution in [2.24, 2.45) is 5.73 Å². The number of amides is 3. The van der Waals surface area contributed by atoms with Crippen LogP contribution in [0.5, 0.6) is 0 Å². The number of hydrogen-bond donors (Lipinski definition) is 3. The predicted molar refractivity (Wildman–Crippen MR) is 89.4 cm³/mol. The first-order chi connectivity index (χ1) is 12.5. The summed E-state index contributed by atoms with van der Waals surface area (Å²) in [6.07, 6.45) is 5.12. The van der Waals surface area contributed by atoms with Crippen LogP contribution in [0, 0.1) is 0 Å². The van der Waals surface area contributed by atoms with Gasteiger partial charge in [-0.05, 0) is 12.1 Å². The summed E-state index contributed by atoms with van der Waals surface area (Å²) in [7, 11) is 0. The van der Waals surface area contributed by atoms with Crippen molar-refractivity contribution in [2.75, 3.05) is 10.6 Å². The summed E-state index contributed by atoms with van der Waals surface area (Å²) >= 11 is 0. The Hall–Kier alpha value is -4.08. The van der Waals surface area contributed by atoms with Gasteiger partial charge in [-0.15, -0.1) is 0 Å². The van der Waals surface area contributed by atoms with Crippen molar-refractivity contribution in [2.45, 2.75) is 0 Å². The lowest BCUT2D eigenvalue weighted by Gasteiger charge is -2.06. The van der Waals surface area contributed by atoms with E-state index >= 15 is 0 Å². The third-order valence-corrected chi connectivity index (χ3v) is 3.19. The summed E-state index contributed by atoms with van der Waals surface area (Å²) in [5.41, 5.74) is 5.61. The fraction of sp³-hybridized carbons (Fsp3) is 0. The highest BCUT2D eigenvalue weighted by atomic mass is 16.4. The molecule has 0 spiro atoms. The Morgan fingerprint density at radius 3 is 2.50 bits per heavy atom. The summed E-state index contributed by atoms with van der Waals surface area (Å²) in [4.78, 5) is 47.0. The van der Waals surface area contributed by atoms with E-state index in [1.807, 2.05) is 0 Å². The Balaban J connectivity index is 1.71. The number of nitrogens with one attached hydrogen (secondary N) is 2. The van der Waals surface area contributed by atoms with E-state index < -0.39 is 17.7 Å². The van der Waals surface area contributed by atoms with Gasteiger partial charge in [-0.25, -0.2) is 4.98 Å². The number of primary amides is 1. The molecule has 0 radical (unpaired) electrons. The first-order valence-corrected chi connectivity index (χ1v) is 7.27. The SMILES string of the molecule is NC(=O)c1ccccc1NC(=O)c1coc(NC(=O)c2cnccn2)n1. The standard InChI is InChI=1S/C16H12N6O4/c17-13(23)9-3-1-2-4-10(9)20-15(25)12-8-26-16(21-12)22-14(24)11-7-18-5-6-19-11/h1-8H,(H2,17,23)(H,20,25)(H,21,22,24). The summed E-state index contributed by atoms with van der Waals surface area (Å²) in [5, 5.41) is 4.86. The van der Waals surface area contributed by atoms with E-state index in [1.165, 1.54) is 30.7 Å². The van der Waals surface area contributed by atoms with E-state index in [0.717, 1.165) is 6.26 Å². The van der Waals surface area contributed by atoms with Crippen molar-refractivity contribution >= 4 is 29.4 Å². The Morgan fingerprint density at radius 1 is 1.00 bits per heavy atom. The third kappa shape index (κ3) is 3.70. The predicted octanol–water partition coefficient (Wildman–Crippen LogP) is 1.07. The third-order valence-electron chi connectivity index (χ3n) is 3.19. The Labute approximate surface area is 146 Å². The molecule has 4 N–H and O–H groups in total. The lowest BCUT2D eigenvalue weighted by atomic mass is 10.1. The number of anilines is 2. The first kappa shape index (κ1) is 16.8. The molecule has 0 aliphatic carbocycles. The van der Waals surface area contributed by atoms with Crippen LogP contribution in [0.25, 0.3) is 0 Å². The van der Waals surface area contributed by atoms with Crippen LogP contribution in [0.15, 0.2) is 53.5 Å². The highest BCUT2D eigenvalue weighted by Crippen LogP contribution is 2.16. The Kier molecular flexibility index (Phi) is 4.65. The molecule has 0 aliphatic rings. The molecule has 10 heteroatoms. The average molecular weight is 352 g/mol. The summed E-state index contributed by atoms with van der Waals surface area (Å²) < 4.78 is 5.05. The summed E-state index contributed by atoms with van der Waals surface area (Å²) in [5.74, 6) is -1.91.